The highest BCUT2D eigenvalue weighted by Gasteiger charge is 2.28. The number of nitrogens with one attached hydrogen (secondary N) is 1. The molecular formula is C18H20FN3O2S. The molecule has 0 radical (unpaired) electrons. The summed E-state index contributed by atoms with van der Waals surface area (Å²) in [5, 5.41) is 4.52. The van der Waals surface area contributed by atoms with Gasteiger partial charge in [0.15, 0.2) is 0 Å². The fraction of sp³-hybridized carbons (Fsp3) is 0.333. The van der Waals surface area contributed by atoms with Crippen molar-refractivity contribution in [3.8, 4) is 0 Å². The van der Waals surface area contributed by atoms with Gasteiger partial charge in [0, 0.05) is 26.2 Å². The van der Waals surface area contributed by atoms with Crippen LogP contribution < -0.4 is 5.32 Å². The number of carbonyl (C=O) groups is 2. The fourth-order valence-corrected chi connectivity index (χ4v) is 3.52. The maximum Gasteiger partial charge on any atom is 0.264 e. The lowest BCUT2D eigenvalue weighted by Gasteiger charge is -2.37. The number of para-hydroxylation sites is 1. The van der Waals surface area contributed by atoms with Gasteiger partial charge in [-0.25, -0.2) is 4.39 Å². The molecule has 1 N–H and O–H groups in total. The molecule has 0 spiro atoms. The van der Waals surface area contributed by atoms with Gasteiger partial charge in [0.05, 0.1) is 16.6 Å². The minimum atomic E-state index is -0.450. The number of anilines is 1. The van der Waals surface area contributed by atoms with Gasteiger partial charge in [-0.1, -0.05) is 18.2 Å². The second kappa shape index (κ2) is 7.76. The zero-order valence-electron chi connectivity index (χ0n) is 13.9. The number of thiophene rings is 1. The number of benzene rings is 1. The van der Waals surface area contributed by atoms with Gasteiger partial charge in [-0.05, 0) is 30.5 Å². The van der Waals surface area contributed by atoms with Gasteiger partial charge in [-0.15, -0.1) is 11.3 Å². The minimum absolute atomic E-state index is 0.0399. The Morgan fingerprint density at radius 2 is 1.84 bits per heavy atom. The summed E-state index contributed by atoms with van der Waals surface area (Å²) in [4.78, 5) is 29.3. The smallest absolute Gasteiger partial charge is 0.264 e. The molecule has 0 bridgehead atoms. The number of piperazine rings is 1. The normalized spacial score (nSPS) is 16.5. The number of hydrogen-bond donors (Lipinski definition) is 1. The summed E-state index contributed by atoms with van der Waals surface area (Å²) >= 11 is 1.43. The van der Waals surface area contributed by atoms with Gasteiger partial charge < -0.3 is 10.2 Å². The first kappa shape index (κ1) is 17.6. The van der Waals surface area contributed by atoms with E-state index in [1.807, 2.05) is 27.3 Å². The molecule has 0 saturated carbocycles. The van der Waals surface area contributed by atoms with Crippen molar-refractivity contribution in [2.24, 2.45) is 0 Å². The molecule has 1 fully saturated rings. The summed E-state index contributed by atoms with van der Waals surface area (Å²) < 4.78 is 13.7. The number of carbonyl (C=O) groups excluding carboxylic acids is 2. The van der Waals surface area contributed by atoms with Gasteiger partial charge >= 0.3 is 0 Å². The van der Waals surface area contributed by atoms with E-state index >= 15 is 0 Å². The van der Waals surface area contributed by atoms with Crippen LogP contribution >= 0.6 is 11.3 Å². The molecule has 3 rings (SSSR count). The Morgan fingerprint density at radius 3 is 2.48 bits per heavy atom. The van der Waals surface area contributed by atoms with Crippen LogP contribution in [0.3, 0.4) is 0 Å². The van der Waals surface area contributed by atoms with E-state index in [-0.39, 0.29) is 17.5 Å². The second-order valence-corrected chi connectivity index (χ2v) is 6.90. The topological polar surface area (TPSA) is 52.7 Å². The standard InChI is InChI=1S/C18H20FN3O2S/c1-13(17(23)20-15-6-3-2-5-14(15)19)21-8-10-22(11-9-21)18(24)16-7-4-12-25-16/h2-7,12-13H,8-11H2,1H3,(H,20,23)/t13-/m0/s1. The molecule has 1 atom stereocenters. The summed E-state index contributed by atoms with van der Waals surface area (Å²) in [6, 6.07) is 9.41. The molecule has 5 nitrogen and oxygen atoms in total. The lowest BCUT2D eigenvalue weighted by molar-refractivity contribution is -0.121. The first-order valence-electron chi connectivity index (χ1n) is 8.18. The molecule has 2 heterocycles. The van der Waals surface area contributed by atoms with Gasteiger partial charge in [0.25, 0.3) is 5.91 Å². The van der Waals surface area contributed by atoms with Crippen molar-refractivity contribution in [3.63, 3.8) is 0 Å². The van der Waals surface area contributed by atoms with Crippen molar-refractivity contribution in [1.82, 2.24) is 9.80 Å². The third-order valence-electron chi connectivity index (χ3n) is 4.39. The molecule has 1 aromatic carbocycles. The zero-order valence-corrected chi connectivity index (χ0v) is 14.8. The predicted molar refractivity (Wildman–Crippen MR) is 96.3 cm³/mol. The van der Waals surface area contributed by atoms with Crippen LogP contribution in [0.5, 0.6) is 0 Å². The molecule has 2 amide bonds. The second-order valence-electron chi connectivity index (χ2n) is 5.95. The number of nitrogens with zero attached hydrogens (tertiary/aromatic N) is 2. The monoisotopic (exact) mass is 361 g/mol. The summed E-state index contributed by atoms with van der Waals surface area (Å²) in [5.74, 6) is -0.657. The third-order valence-corrected chi connectivity index (χ3v) is 5.25. The van der Waals surface area contributed by atoms with E-state index < -0.39 is 11.9 Å². The molecule has 1 aliphatic heterocycles. The lowest BCUT2D eigenvalue weighted by Crippen LogP contribution is -2.54. The van der Waals surface area contributed by atoms with Crippen LogP contribution in [0.1, 0.15) is 16.6 Å². The van der Waals surface area contributed by atoms with E-state index in [1.54, 1.807) is 19.1 Å². The molecular weight excluding hydrogens is 341 g/mol. The predicted octanol–water partition coefficient (Wildman–Crippen LogP) is 2.67. The van der Waals surface area contributed by atoms with Crippen LogP contribution in [-0.4, -0.2) is 53.8 Å². The molecule has 2 aromatic rings. The van der Waals surface area contributed by atoms with Crippen molar-refractivity contribution in [2.45, 2.75) is 13.0 Å². The van der Waals surface area contributed by atoms with Crippen LogP contribution in [0.4, 0.5) is 10.1 Å². The van der Waals surface area contributed by atoms with Crippen molar-refractivity contribution < 1.29 is 14.0 Å². The molecule has 0 aliphatic carbocycles. The summed E-state index contributed by atoms with van der Waals surface area (Å²) in [6.07, 6.45) is 0. The van der Waals surface area contributed by atoms with Gasteiger partial charge in [-0.2, -0.15) is 0 Å². The third kappa shape index (κ3) is 4.05. The van der Waals surface area contributed by atoms with Gasteiger partial charge in [0.1, 0.15) is 5.82 Å². The van der Waals surface area contributed by atoms with Crippen molar-refractivity contribution in [2.75, 3.05) is 31.5 Å². The largest absolute Gasteiger partial charge is 0.335 e. The average Bonchev–Trinajstić information content (AvgIpc) is 3.17. The Morgan fingerprint density at radius 1 is 1.12 bits per heavy atom. The van der Waals surface area contributed by atoms with Crippen molar-refractivity contribution in [3.05, 3.63) is 52.5 Å². The van der Waals surface area contributed by atoms with Crippen LogP contribution in [0.2, 0.25) is 0 Å². The quantitative estimate of drug-likeness (QED) is 0.911. The Kier molecular flexibility index (Phi) is 5.45. The Hall–Kier alpha value is -2.25. The van der Waals surface area contributed by atoms with Crippen LogP contribution in [-0.2, 0) is 4.79 Å². The maximum atomic E-state index is 13.7. The van der Waals surface area contributed by atoms with Crippen molar-refractivity contribution >= 4 is 28.8 Å². The average molecular weight is 361 g/mol. The summed E-state index contributed by atoms with van der Waals surface area (Å²) in [7, 11) is 0. The van der Waals surface area contributed by atoms with Crippen LogP contribution in [0, 0.1) is 5.82 Å². The molecule has 132 valence electrons. The number of hydrogen-bond acceptors (Lipinski definition) is 4. The zero-order chi connectivity index (χ0) is 17.8. The SMILES string of the molecule is C[C@@H](C(=O)Nc1ccccc1F)N1CCN(C(=O)c2cccs2)CC1. The van der Waals surface area contributed by atoms with Gasteiger partial charge in [0.2, 0.25) is 5.91 Å². The lowest BCUT2D eigenvalue weighted by atomic mass is 10.2. The van der Waals surface area contributed by atoms with E-state index in [0.717, 1.165) is 4.88 Å². The summed E-state index contributed by atoms with van der Waals surface area (Å²) in [6.45, 7) is 4.18. The van der Waals surface area contributed by atoms with E-state index in [0.29, 0.717) is 26.2 Å². The van der Waals surface area contributed by atoms with Gasteiger partial charge in [-0.3, -0.25) is 14.5 Å². The van der Waals surface area contributed by atoms with E-state index in [1.165, 1.54) is 23.5 Å². The highest BCUT2D eigenvalue weighted by Crippen LogP contribution is 2.16. The molecule has 7 heteroatoms. The number of rotatable bonds is 4. The highest BCUT2D eigenvalue weighted by atomic mass is 32.1. The summed E-state index contributed by atoms with van der Waals surface area (Å²) in [5.41, 5.74) is 0.186. The van der Waals surface area contributed by atoms with Crippen LogP contribution in [0.25, 0.3) is 0 Å². The number of halogens is 1. The first-order valence-corrected chi connectivity index (χ1v) is 9.06. The van der Waals surface area contributed by atoms with Crippen molar-refractivity contribution in [1.29, 1.82) is 0 Å². The minimum Gasteiger partial charge on any atom is -0.335 e. The highest BCUT2D eigenvalue weighted by molar-refractivity contribution is 7.12. The molecule has 1 aliphatic rings. The maximum absolute atomic E-state index is 13.7. The Labute approximate surface area is 150 Å². The Bertz CT molecular complexity index is 743. The molecule has 1 saturated heterocycles. The van der Waals surface area contributed by atoms with E-state index in [2.05, 4.69) is 5.32 Å². The molecule has 0 unspecified atom stereocenters. The molecule has 1 aromatic heterocycles. The fourth-order valence-electron chi connectivity index (χ4n) is 2.83. The Balaban J connectivity index is 1.54. The molecule has 25 heavy (non-hydrogen) atoms. The van der Waals surface area contributed by atoms with E-state index in [9.17, 15) is 14.0 Å². The number of amides is 2. The van der Waals surface area contributed by atoms with Crippen LogP contribution in [0.15, 0.2) is 41.8 Å². The first-order chi connectivity index (χ1) is 12.1. The van der Waals surface area contributed by atoms with E-state index in [4.69, 9.17) is 0 Å².